The molecule has 1 aromatic carbocycles. The first kappa shape index (κ1) is 26.7. The van der Waals surface area contributed by atoms with E-state index in [1.807, 2.05) is 44.2 Å². The summed E-state index contributed by atoms with van der Waals surface area (Å²) in [5, 5.41) is 4.19. The molecule has 2 aromatic rings. The van der Waals surface area contributed by atoms with Gasteiger partial charge >= 0.3 is 0 Å². The number of aromatic nitrogens is 1. The average Bonchev–Trinajstić information content (AvgIpc) is 2.75. The van der Waals surface area contributed by atoms with E-state index < -0.39 is 0 Å². The van der Waals surface area contributed by atoms with E-state index in [-0.39, 0.29) is 5.78 Å². The minimum atomic E-state index is 0.0572. The first-order valence-corrected chi connectivity index (χ1v) is 11.0. The Balaban J connectivity index is 0.000000740. The Morgan fingerprint density at radius 1 is 1.07 bits per heavy atom. The highest BCUT2D eigenvalue weighted by molar-refractivity contribution is 6.06. The number of carbonyl (C=O) groups excluding carboxylic acids is 1. The van der Waals surface area contributed by atoms with Crippen molar-refractivity contribution in [2.24, 2.45) is 0 Å². The lowest BCUT2D eigenvalue weighted by atomic mass is 10.0. The molecule has 0 atom stereocenters. The van der Waals surface area contributed by atoms with Crippen LogP contribution < -0.4 is 5.32 Å². The predicted molar refractivity (Wildman–Crippen MR) is 130 cm³/mol. The highest BCUT2D eigenvalue weighted by Gasteiger charge is 2.10. The maximum Gasteiger partial charge on any atom is 0.160 e. The number of allylic oxidation sites excluding steroid dienone is 3. The van der Waals surface area contributed by atoms with Crippen molar-refractivity contribution in [1.82, 2.24) is 10.3 Å². The monoisotopic (exact) mass is 396 g/mol. The number of rotatable bonds is 9. The predicted octanol–water partition coefficient (Wildman–Crippen LogP) is 7.23. The molecule has 0 aliphatic heterocycles. The molecule has 3 nitrogen and oxygen atoms in total. The van der Waals surface area contributed by atoms with E-state index in [4.69, 9.17) is 0 Å². The molecule has 0 fully saturated rings. The third-order valence-electron chi connectivity index (χ3n) is 4.08. The smallest absolute Gasteiger partial charge is 0.160 e. The van der Waals surface area contributed by atoms with Crippen LogP contribution in [0.4, 0.5) is 0 Å². The second kappa shape index (κ2) is 16.7. The van der Waals surface area contributed by atoms with Gasteiger partial charge in [-0.25, -0.2) is 4.98 Å². The van der Waals surface area contributed by atoms with Gasteiger partial charge in [0, 0.05) is 10.9 Å². The summed E-state index contributed by atoms with van der Waals surface area (Å²) >= 11 is 0. The minimum absolute atomic E-state index is 0.0572. The molecule has 0 radical (unpaired) electrons. The molecule has 0 saturated heterocycles. The molecule has 29 heavy (non-hydrogen) atoms. The lowest BCUT2D eigenvalue weighted by Crippen LogP contribution is -2.14. The van der Waals surface area contributed by atoms with Gasteiger partial charge in [0.25, 0.3) is 0 Å². The van der Waals surface area contributed by atoms with Crippen LogP contribution in [0.15, 0.2) is 49.1 Å². The molecule has 0 saturated carbocycles. The summed E-state index contributed by atoms with van der Waals surface area (Å²) < 4.78 is 0. The number of para-hydroxylation sites is 1. The van der Waals surface area contributed by atoms with E-state index >= 15 is 0 Å². The third-order valence-corrected chi connectivity index (χ3v) is 4.08. The summed E-state index contributed by atoms with van der Waals surface area (Å²) in [4.78, 5) is 16.4. The van der Waals surface area contributed by atoms with Crippen molar-refractivity contribution in [3.05, 3.63) is 60.3 Å². The minimum Gasteiger partial charge on any atom is -0.317 e. The molecule has 1 heterocycles. The molecule has 0 aliphatic carbocycles. The van der Waals surface area contributed by atoms with E-state index in [2.05, 4.69) is 49.8 Å². The normalized spacial score (nSPS) is 10.1. The Kier molecular flexibility index (Phi) is 15.4. The fourth-order valence-corrected chi connectivity index (χ4v) is 2.62. The lowest BCUT2D eigenvalue weighted by molar-refractivity contribution is 0.101. The fourth-order valence-electron chi connectivity index (χ4n) is 2.62. The zero-order chi connectivity index (χ0) is 22.1. The fraction of sp³-hybridized carbons (Fsp3) is 0.462. The van der Waals surface area contributed by atoms with Gasteiger partial charge in [0.1, 0.15) is 0 Å². The van der Waals surface area contributed by atoms with E-state index in [1.54, 1.807) is 6.92 Å². The lowest BCUT2D eigenvalue weighted by Gasteiger charge is -2.08. The highest BCUT2D eigenvalue weighted by atomic mass is 16.1. The van der Waals surface area contributed by atoms with Crippen molar-refractivity contribution in [1.29, 1.82) is 0 Å². The van der Waals surface area contributed by atoms with Crippen LogP contribution in [0.1, 0.15) is 83.3 Å². The van der Waals surface area contributed by atoms with Gasteiger partial charge in [0.15, 0.2) is 5.78 Å². The first-order valence-electron chi connectivity index (χ1n) is 11.0. The largest absolute Gasteiger partial charge is 0.317 e. The molecule has 1 aromatic heterocycles. The second-order valence-electron chi connectivity index (χ2n) is 6.57. The molecule has 160 valence electrons. The average molecular weight is 397 g/mol. The maximum absolute atomic E-state index is 11.8. The number of hydrogen-bond acceptors (Lipinski definition) is 3. The number of hydrogen-bond donors (Lipinski definition) is 1. The van der Waals surface area contributed by atoms with Crippen LogP contribution in [0, 0.1) is 0 Å². The van der Waals surface area contributed by atoms with Gasteiger partial charge in [0.2, 0.25) is 0 Å². The van der Waals surface area contributed by atoms with E-state index in [0.29, 0.717) is 5.56 Å². The molecule has 2 rings (SSSR count). The molecule has 0 unspecified atom stereocenters. The Bertz CT molecular complexity index is 758. The van der Waals surface area contributed by atoms with Crippen LogP contribution in [-0.2, 0) is 0 Å². The van der Waals surface area contributed by atoms with Crippen molar-refractivity contribution < 1.29 is 4.79 Å². The summed E-state index contributed by atoms with van der Waals surface area (Å²) in [6.07, 6.45) is 8.47. The van der Waals surface area contributed by atoms with Crippen LogP contribution >= 0.6 is 0 Å². The number of nitrogens with zero attached hydrogens (tertiary/aromatic N) is 1. The van der Waals surface area contributed by atoms with E-state index in [9.17, 15) is 4.79 Å². The van der Waals surface area contributed by atoms with Gasteiger partial charge in [-0.2, -0.15) is 0 Å². The molecular weight excluding hydrogens is 356 g/mol. The summed E-state index contributed by atoms with van der Waals surface area (Å²) in [6.45, 7) is 18.5. The number of pyridine rings is 1. The molecule has 0 spiro atoms. The van der Waals surface area contributed by atoms with Crippen molar-refractivity contribution in [3.63, 3.8) is 0 Å². The number of fused-ring (bicyclic) bond motifs is 1. The van der Waals surface area contributed by atoms with Crippen LogP contribution in [-0.4, -0.2) is 23.9 Å². The summed E-state index contributed by atoms with van der Waals surface area (Å²) in [5.41, 5.74) is 3.29. The molecule has 3 heteroatoms. The number of benzene rings is 1. The molecule has 0 amide bonds. The van der Waals surface area contributed by atoms with E-state index in [0.717, 1.165) is 35.0 Å². The second-order valence-corrected chi connectivity index (χ2v) is 6.57. The van der Waals surface area contributed by atoms with Crippen LogP contribution in [0.3, 0.4) is 0 Å². The van der Waals surface area contributed by atoms with Gasteiger partial charge in [-0.1, -0.05) is 71.5 Å². The van der Waals surface area contributed by atoms with Crippen molar-refractivity contribution in [3.8, 4) is 0 Å². The standard InChI is InChI=1S/C18H19NO.C6H15N.C2H6/c1-4-5-6-9-13(2)18-12-16(14(3)20)15-10-7-8-11-17(15)19-18;1-3-5-7-6-4-2;1-2/h5-8,10-12H,2,4,9H2,1,3H3;7H,3-6H2,1-2H3;1-2H3/b6-5+;;. The quantitative estimate of drug-likeness (QED) is 0.276. The Morgan fingerprint density at radius 2 is 1.69 bits per heavy atom. The third kappa shape index (κ3) is 10.2. The van der Waals surface area contributed by atoms with Gasteiger partial charge in [-0.3, -0.25) is 4.79 Å². The Hall–Kier alpha value is -2.26. The zero-order valence-electron chi connectivity index (χ0n) is 19.3. The molecule has 0 bridgehead atoms. The Labute approximate surface area is 178 Å². The molecule has 1 N–H and O–H groups in total. The Morgan fingerprint density at radius 3 is 2.24 bits per heavy atom. The highest BCUT2D eigenvalue weighted by Crippen LogP contribution is 2.23. The molecule has 0 aliphatic rings. The van der Waals surface area contributed by atoms with Crippen molar-refractivity contribution >= 4 is 22.3 Å². The number of ketones is 1. The number of Topliss-reactive ketones (excluding diaryl/α,β-unsaturated/α-hetero) is 1. The first-order chi connectivity index (χ1) is 14.0. The SMILES string of the molecule is C=C(C/C=C/CC)c1cc(C(C)=O)c2ccccc2n1.CC.CCCNCCC. The van der Waals surface area contributed by atoms with Gasteiger partial charge in [0.05, 0.1) is 11.2 Å². The summed E-state index contributed by atoms with van der Waals surface area (Å²) in [6, 6.07) is 9.58. The summed E-state index contributed by atoms with van der Waals surface area (Å²) in [5.74, 6) is 0.0572. The van der Waals surface area contributed by atoms with E-state index in [1.165, 1.54) is 25.9 Å². The summed E-state index contributed by atoms with van der Waals surface area (Å²) in [7, 11) is 0. The van der Waals surface area contributed by atoms with Crippen molar-refractivity contribution in [2.75, 3.05) is 13.1 Å². The molecular formula is C26H40N2O. The number of carbonyl (C=O) groups is 1. The maximum atomic E-state index is 11.8. The van der Waals surface area contributed by atoms with Gasteiger partial charge < -0.3 is 5.32 Å². The van der Waals surface area contributed by atoms with Crippen LogP contribution in [0.5, 0.6) is 0 Å². The number of nitrogens with one attached hydrogen (secondary N) is 1. The zero-order valence-corrected chi connectivity index (χ0v) is 19.3. The van der Waals surface area contributed by atoms with Gasteiger partial charge in [-0.15, -0.1) is 0 Å². The van der Waals surface area contributed by atoms with Gasteiger partial charge in [-0.05, 0) is 63.4 Å². The van der Waals surface area contributed by atoms with Crippen LogP contribution in [0.25, 0.3) is 16.5 Å². The topological polar surface area (TPSA) is 42.0 Å². The van der Waals surface area contributed by atoms with Crippen LogP contribution in [0.2, 0.25) is 0 Å². The van der Waals surface area contributed by atoms with Crippen molar-refractivity contribution in [2.45, 2.75) is 67.2 Å².